The van der Waals surface area contributed by atoms with Crippen LogP contribution in [0.3, 0.4) is 0 Å². The Balaban J connectivity index is 0. The number of hydrogen-bond donors (Lipinski definition) is 0. The predicted octanol–water partition coefficient (Wildman–Crippen LogP) is 12.3. The van der Waals surface area contributed by atoms with Gasteiger partial charge in [-0.2, -0.15) is 0 Å². The van der Waals surface area contributed by atoms with Crippen molar-refractivity contribution in [1.29, 1.82) is 0 Å². The zero-order valence-corrected chi connectivity index (χ0v) is 21.7. The van der Waals surface area contributed by atoms with Crippen molar-refractivity contribution in [1.82, 2.24) is 0 Å². The van der Waals surface area contributed by atoms with Crippen molar-refractivity contribution in [3.05, 3.63) is 36.5 Å². The van der Waals surface area contributed by atoms with Crippen molar-refractivity contribution in [2.45, 2.75) is 169 Å². The molecule has 0 aliphatic heterocycles. The zero-order chi connectivity index (χ0) is 22.5. The summed E-state index contributed by atoms with van der Waals surface area (Å²) in [7, 11) is 0. The van der Waals surface area contributed by atoms with E-state index in [0.29, 0.717) is 0 Å². The van der Waals surface area contributed by atoms with Crippen molar-refractivity contribution in [2.75, 3.05) is 0 Å². The molecule has 0 fully saturated rings. The normalized spacial score (nSPS) is 11.8. The molecule has 0 heteroatoms. The van der Waals surface area contributed by atoms with Crippen molar-refractivity contribution in [3.63, 3.8) is 0 Å². The molecule has 0 amide bonds. The van der Waals surface area contributed by atoms with Gasteiger partial charge in [0.15, 0.2) is 0 Å². The van der Waals surface area contributed by atoms with Gasteiger partial charge < -0.3 is 0 Å². The third-order valence-corrected chi connectivity index (χ3v) is 6.18. The number of unbranched alkanes of at least 4 members (excludes halogenated alkanes) is 19. The summed E-state index contributed by atoms with van der Waals surface area (Å²) in [6.45, 7) is 4.57. The highest BCUT2D eigenvalue weighted by atomic mass is 14.0. The lowest BCUT2D eigenvalue weighted by Crippen LogP contribution is -1.80. The number of allylic oxidation sites excluding steroid dienone is 6. The Morgan fingerprint density at radius 1 is 0.281 bits per heavy atom. The molecule has 0 saturated carbocycles. The van der Waals surface area contributed by atoms with Crippen LogP contribution >= 0.6 is 0 Å². The lowest BCUT2D eigenvalue weighted by Gasteiger charge is -1.99. The smallest absolute Gasteiger partial charge is 0.0351 e. The van der Waals surface area contributed by atoms with E-state index in [0.717, 1.165) is 0 Å². The van der Waals surface area contributed by atoms with E-state index in [2.05, 4.69) is 50.3 Å². The first kappa shape index (κ1) is 33.4. The second-order valence-corrected chi connectivity index (χ2v) is 9.45. The van der Waals surface area contributed by atoms with E-state index >= 15 is 0 Å². The van der Waals surface area contributed by atoms with Crippen LogP contribution in [0.5, 0.6) is 0 Å². The SMILES string of the molecule is C.CCCCCC=CCCCCCCCCC=CCCCCC=CCCCCCCCC. The average Bonchev–Trinajstić information content (AvgIpc) is 2.78. The van der Waals surface area contributed by atoms with E-state index in [1.54, 1.807) is 0 Å². The van der Waals surface area contributed by atoms with Crippen molar-refractivity contribution < 1.29 is 0 Å². The van der Waals surface area contributed by atoms with E-state index in [9.17, 15) is 0 Å². The second kappa shape index (κ2) is 32.4. The highest BCUT2D eigenvalue weighted by molar-refractivity contribution is 4.84. The summed E-state index contributed by atoms with van der Waals surface area (Å²) in [4.78, 5) is 0. The topological polar surface area (TPSA) is 0 Å². The largest absolute Gasteiger partial charge is 0.0885 e. The molecule has 0 bridgehead atoms. The molecule has 0 aromatic rings. The van der Waals surface area contributed by atoms with Crippen molar-refractivity contribution >= 4 is 0 Å². The molecule has 190 valence electrons. The summed E-state index contributed by atoms with van der Waals surface area (Å²) in [5, 5.41) is 0. The molecule has 0 N–H and O–H groups in total. The molecule has 0 radical (unpaired) electrons. The highest BCUT2D eigenvalue weighted by Crippen LogP contribution is 2.11. The number of hydrogen-bond acceptors (Lipinski definition) is 0. The first-order valence-electron chi connectivity index (χ1n) is 14.4. The fourth-order valence-corrected chi connectivity index (χ4v) is 4.02. The fraction of sp³-hybridized carbons (Fsp3) is 0.812. The Hall–Kier alpha value is -0.780. The lowest BCUT2D eigenvalue weighted by atomic mass is 10.1. The molecule has 32 heavy (non-hydrogen) atoms. The Bertz CT molecular complexity index is 387. The number of rotatable bonds is 25. The van der Waals surface area contributed by atoms with Gasteiger partial charge in [-0.1, -0.05) is 128 Å². The molecule has 0 spiro atoms. The molecule has 0 atom stereocenters. The summed E-state index contributed by atoms with van der Waals surface area (Å²) < 4.78 is 0. The predicted molar refractivity (Wildman–Crippen MR) is 152 cm³/mol. The fourth-order valence-electron chi connectivity index (χ4n) is 4.02. The van der Waals surface area contributed by atoms with Crippen molar-refractivity contribution in [2.24, 2.45) is 0 Å². The minimum atomic E-state index is 0. The van der Waals surface area contributed by atoms with Crippen LogP contribution in [0.15, 0.2) is 36.5 Å². The van der Waals surface area contributed by atoms with Gasteiger partial charge in [-0.05, 0) is 77.0 Å². The molecular formula is C32H62. The van der Waals surface area contributed by atoms with Gasteiger partial charge >= 0.3 is 0 Å². The minimum absolute atomic E-state index is 0. The molecule has 0 unspecified atom stereocenters. The van der Waals surface area contributed by atoms with Crippen LogP contribution in [-0.2, 0) is 0 Å². The van der Waals surface area contributed by atoms with Crippen LogP contribution < -0.4 is 0 Å². The van der Waals surface area contributed by atoms with Gasteiger partial charge in [0.2, 0.25) is 0 Å². The van der Waals surface area contributed by atoms with E-state index in [4.69, 9.17) is 0 Å². The Morgan fingerprint density at radius 2 is 0.469 bits per heavy atom. The summed E-state index contributed by atoms with van der Waals surface area (Å²) in [5.74, 6) is 0. The molecule has 0 aliphatic rings. The molecule has 0 aromatic carbocycles. The van der Waals surface area contributed by atoms with Crippen LogP contribution in [-0.4, -0.2) is 0 Å². The van der Waals surface area contributed by atoms with E-state index in [1.807, 2.05) is 0 Å². The Labute approximate surface area is 205 Å². The lowest BCUT2D eigenvalue weighted by molar-refractivity contribution is 0.599. The average molecular weight is 447 g/mol. The summed E-state index contributed by atoms with van der Waals surface area (Å²) in [6.07, 6.45) is 45.9. The van der Waals surface area contributed by atoms with E-state index < -0.39 is 0 Å². The van der Waals surface area contributed by atoms with Gasteiger partial charge in [0.1, 0.15) is 0 Å². The van der Waals surface area contributed by atoms with Gasteiger partial charge in [-0.3, -0.25) is 0 Å². The maximum Gasteiger partial charge on any atom is -0.0351 e. The van der Waals surface area contributed by atoms with E-state index in [1.165, 1.54) is 148 Å². The molecule has 0 heterocycles. The summed E-state index contributed by atoms with van der Waals surface area (Å²) >= 11 is 0. The molecule has 0 aromatic heterocycles. The van der Waals surface area contributed by atoms with Crippen LogP contribution in [0.2, 0.25) is 0 Å². The van der Waals surface area contributed by atoms with Gasteiger partial charge in [0.05, 0.1) is 0 Å². The Kier molecular flexibility index (Phi) is 33.8. The molecular weight excluding hydrogens is 384 g/mol. The Morgan fingerprint density at radius 3 is 0.781 bits per heavy atom. The highest BCUT2D eigenvalue weighted by Gasteiger charge is 1.91. The molecule has 0 rings (SSSR count). The van der Waals surface area contributed by atoms with Crippen molar-refractivity contribution in [3.8, 4) is 0 Å². The monoisotopic (exact) mass is 446 g/mol. The summed E-state index contributed by atoms with van der Waals surface area (Å²) in [6, 6.07) is 0. The third-order valence-electron chi connectivity index (χ3n) is 6.18. The van der Waals surface area contributed by atoms with Crippen LogP contribution in [0.4, 0.5) is 0 Å². The quantitative estimate of drug-likeness (QED) is 0.0965. The first-order valence-corrected chi connectivity index (χ1v) is 14.4. The minimum Gasteiger partial charge on any atom is -0.0885 e. The first-order chi connectivity index (χ1) is 15.4. The third kappa shape index (κ3) is 31.4. The molecule has 0 aliphatic carbocycles. The molecule has 0 nitrogen and oxygen atoms in total. The maximum atomic E-state index is 2.43. The van der Waals surface area contributed by atoms with Crippen LogP contribution in [0.25, 0.3) is 0 Å². The van der Waals surface area contributed by atoms with Gasteiger partial charge in [-0.25, -0.2) is 0 Å². The van der Waals surface area contributed by atoms with Gasteiger partial charge in [0.25, 0.3) is 0 Å². The van der Waals surface area contributed by atoms with Gasteiger partial charge in [-0.15, -0.1) is 0 Å². The standard InChI is InChI=1S/C31H58.CH4/c1-3-5-7-9-11-13-15-17-19-21-23-25-27-29-31-30-28-26-24-22-20-18-16-14-12-10-8-6-4-2;/h11,13,18,20,30-31H,3-10,12,14-17,19,21-29H2,1-2H3;1H4. The van der Waals surface area contributed by atoms with Gasteiger partial charge in [0, 0.05) is 0 Å². The van der Waals surface area contributed by atoms with Crippen LogP contribution in [0, 0.1) is 0 Å². The van der Waals surface area contributed by atoms with Crippen LogP contribution in [0.1, 0.15) is 169 Å². The summed E-state index contributed by atoms with van der Waals surface area (Å²) in [5.41, 5.74) is 0. The zero-order valence-electron chi connectivity index (χ0n) is 21.7. The second-order valence-electron chi connectivity index (χ2n) is 9.45. The maximum absolute atomic E-state index is 2.43. The van der Waals surface area contributed by atoms with E-state index in [-0.39, 0.29) is 7.43 Å². The molecule has 0 saturated heterocycles.